The Kier molecular flexibility index (Phi) is 6.14. The molecule has 0 aliphatic carbocycles. The number of carboxylic acids is 1. The van der Waals surface area contributed by atoms with E-state index in [1.54, 1.807) is 4.90 Å². The second kappa shape index (κ2) is 7.61. The van der Waals surface area contributed by atoms with Gasteiger partial charge in [0.15, 0.2) is 0 Å². The lowest BCUT2D eigenvalue weighted by molar-refractivity contribution is -0.384. The standard InChI is InChI=1S/C15H22N2O4/c1-4-11(5-2)10-16(6-3)14-12(15(18)19)8-7-9-13(14)17(20)21/h7-9,11H,4-6,10H2,1-3H3,(H,18,19). The maximum atomic E-state index is 11.4. The lowest BCUT2D eigenvalue weighted by atomic mass is 10.0. The van der Waals surface area contributed by atoms with Gasteiger partial charge in [0.25, 0.3) is 5.69 Å². The molecule has 1 rings (SSSR count). The third-order valence-electron chi connectivity index (χ3n) is 3.77. The van der Waals surface area contributed by atoms with Crippen molar-refractivity contribution < 1.29 is 14.8 Å². The first kappa shape index (κ1) is 16.9. The second-order valence-electron chi connectivity index (χ2n) is 4.96. The van der Waals surface area contributed by atoms with Crippen molar-refractivity contribution in [2.45, 2.75) is 33.6 Å². The van der Waals surface area contributed by atoms with Crippen molar-refractivity contribution in [3.8, 4) is 0 Å². The number of nitrogens with zero attached hydrogens (tertiary/aromatic N) is 2. The fourth-order valence-corrected chi connectivity index (χ4v) is 2.42. The summed E-state index contributed by atoms with van der Waals surface area (Å²) in [7, 11) is 0. The van der Waals surface area contributed by atoms with Gasteiger partial charge in [0, 0.05) is 19.2 Å². The normalized spacial score (nSPS) is 10.7. The molecule has 0 atom stereocenters. The SMILES string of the molecule is CCC(CC)CN(CC)c1c(C(=O)O)cccc1[N+](=O)[O-]. The van der Waals surface area contributed by atoms with E-state index in [2.05, 4.69) is 13.8 Å². The Morgan fingerprint density at radius 1 is 1.33 bits per heavy atom. The maximum absolute atomic E-state index is 11.4. The molecule has 0 aliphatic rings. The second-order valence-corrected chi connectivity index (χ2v) is 4.96. The summed E-state index contributed by atoms with van der Waals surface area (Å²) in [5.41, 5.74) is 0.0455. The number of aromatic carboxylic acids is 1. The van der Waals surface area contributed by atoms with Crippen LogP contribution in [0.4, 0.5) is 11.4 Å². The van der Waals surface area contributed by atoms with Crippen LogP contribution >= 0.6 is 0 Å². The van der Waals surface area contributed by atoms with E-state index in [1.807, 2.05) is 6.92 Å². The summed E-state index contributed by atoms with van der Waals surface area (Å²) < 4.78 is 0. The molecule has 0 radical (unpaired) electrons. The number of para-hydroxylation sites is 1. The highest BCUT2D eigenvalue weighted by atomic mass is 16.6. The highest BCUT2D eigenvalue weighted by molar-refractivity contribution is 5.97. The fourth-order valence-electron chi connectivity index (χ4n) is 2.42. The van der Waals surface area contributed by atoms with E-state index in [-0.39, 0.29) is 16.9 Å². The van der Waals surface area contributed by atoms with Crippen molar-refractivity contribution >= 4 is 17.3 Å². The van der Waals surface area contributed by atoms with E-state index in [0.29, 0.717) is 19.0 Å². The minimum absolute atomic E-state index is 0.0167. The molecule has 0 heterocycles. The molecule has 0 spiro atoms. The van der Waals surface area contributed by atoms with Gasteiger partial charge in [-0.25, -0.2) is 4.79 Å². The molecule has 0 amide bonds. The number of hydrogen-bond donors (Lipinski definition) is 1. The monoisotopic (exact) mass is 294 g/mol. The van der Waals surface area contributed by atoms with Gasteiger partial charge >= 0.3 is 5.97 Å². The Labute approximate surface area is 124 Å². The minimum Gasteiger partial charge on any atom is -0.478 e. The molecule has 0 unspecified atom stereocenters. The third kappa shape index (κ3) is 3.93. The first-order chi connectivity index (χ1) is 9.96. The van der Waals surface area contributed by atoms with Crippen LogP contribution in [0.2, 0.25) is 0 Å². The summed E-state index contributed by atoms with van der Waals surface area (Å²) in [6.07, 6.45) is 1.91. The summed E-state index contributed by atoms with van der Waals surface area (Å²) in [6.45, 7) is 7.17. The number of carboxylic acid groups (broad SMARTS) is 1. The van der Waals surface area contributed by atoms with E-state index in [4.69, 9.17) is 0 Å². The zero-order valence-corrected chi connectivity index (χ0v) is 12.7. The molecule has 6 heteroatoms. The summed E-state index contributed by atoms with van der Waals surface area (Å²) >= 11 is 0. The van der Waals surface area contributed by atoms with E-state index >= 15 is 0 Å². The highest BCUT2D eigenvalue weighted by Crippen LogP contribution is 2.33. The summed E-state index contributed by atoms with van der Waals surface area (Å²) in [6, 6.07) is 4.19. The fraction of sp³-hybridized carbons (Fsp3) is 0.533. The van der Waals surface area contributed by atoms with Crippen molar-refractivity contribution in [1.29, 1.82) is 0 Å². The molecule has 1 N–H and O–H groups in total. The Morgan fingerprint density at radius 3 is 2.38 bits per heavy atom. The van der Waals surface area contributed by atoms with Crippen molar-refractivity contribution in [2.75, 3.05) is 18.0 Å². The van der Waals surface area contributed by atoms with E-state index in [0.717, 1.165) is 12.8 Å². The molecule has 0 aliphatic heterocycles. The topological polar surface area (TPSA) is 83.7 Å². The van der Waals surface area contributed by atoms with Crippen LogP contribution in [0.15, 0.2) is 18.2 Å². The number of nitro benzene ring substituents is 1. The lowest BCUT2D eigenvalue weighted by Crippen LogP contribution is -2.31. The molecular weight excluding hydrogens is 272 g/mol. The van der Waals surface area contributed by atoms with Crippen LogP contribution in [0.3, 0.4) is 0 Å². The highest BCUT2D eigenvalue weighted by Gasteiger charge is 2.26. The summed E-state index contributed by atoms with van der Waals surface area (Å²) in [4.78, 5) is 23.9. The minimum atomic E-state index is -1.14. The molecule has 0 fully saturated rings. The molecule has 0 saturated heterocycles. The van der Waals surface area contributed by atoms with Crippen LogP contribution in [0.5, 0.6) is 0 Å². The Hall–Kier alpha value is -2.11. The predicted octanol–water partition coefficient (Wildman–Crippen LogP) is 3.56. The molecule has 116 valence electrons. The molecule has 0 bridgehead atoms. The average molecular weight is 294 g/mol. The molecule has 21 heavy (non-hydrogen) atoms. The molecule has 1 aromatic carbocycles. The largest absolute Gasteiger partial charge is 0.478 e. The number of benzene rings is 1. The van der Waals surface area contributed by atoms with Gasteiger partial charge in [-0.3, -0.25) is 10.1 Å². The smallest absolute Gasteiger partial charge is 0.338 e. The van der Waals surface area contributed by atoms with Crippen LogP contribution in [-0.4, -0.2) is 29.1 Å². The van der Waals surface area contributed by atoms with Crippen LogP contribution < -0.4 is 4.90 Å². The lowest BCUT2D eigenvalue weighted by Gasteiger charge is -2.28. The van der Waals surface area contributed by atoms with Crippen molar-refractivity contribution in [3.63, 3.8) is 0 Å². The van der Waals surface area contributed by atoms with Gasteiger partial charge < -0.3 is 10.0 Å². The van der Waals surface area contributed by atoms with Crippen LogP contribution in [0.1, 0.15) is 44.0 Å². The van der Waals surface area contributed by atoms with Gasteiger partial charge in [0.1, 0.15) is 5.69 Å². The van der Waals surface area contributed by atoms with Gasteiger partial charge in [-0.2, -0.15) is 0 Å². The quantitative estimate of drug-likeness (QED) is 0.585. The Morgan fingerprint density at radius 2 is 1.95 bits per heavy atom. The van der Waals surface area contributed by atoms with Crippen LogP contribution in [-0.2, 0) is 0 Å². The average Bonchev–Trinajstić information content (AvgIpc) is 2.47. The van der Waals surface area contributed by atoms with Crippen LogP contribution in [0, 0.1) is 16.0 Å². The first-order valence-electron chi connectivity index (χ1n) is 7.21. The van der Waals surface area contributed by atoms with Gasteiger partial charge in [-0.1, -0.05) is 32.8 Å². The molecule has 0 aromatic heterocycles. The van der Waals surface area contributed by atoms with Gasteiger partial charge in [0.2, 0.25) is 0 Å². The number of rotatable bonds is 8. The van der Waals surface area contributed by atoms with Crippen LogP contribution in [0.25, 0.3) is 0 Å². The van der Waals surface area contributed by atoms with E-state index in [9.17, 15) is 20.0 Å². The van der Waals surface area contributed by atoms with Gasteiger partial charge in [-0.05, 0) is 18.9 Å². The van der Waals surface area contributed by atoms with Gasteiger partial charge in [0.05, 0.1) is 10.5 Å². The van der Waals surface area contributed by atoms with Crippen molar-refractivity contribution in [1.82, 2.24) is 0 Å². The third-order valence-corrected chi connectivity index (χ3v) is 3.77. The zero-order chi connectivity index (χ0) is 16.0. The Bertz CT molecular complexity index is 480. The molecule has 0 saturated carbocycles. The first-order valence-corrected chi connectivity index (χ1v) is 7.21. The Balaban J connectivity index is 3.34. The van der Waals surface area contributed by atoms with E-state index in [1.165, 1.54) is 18.2 Å². The summed E-state index contributed by atoms with van der Waals surface area (Å²) in [5, 5.41) is 20.5. The molecular formula is C15H22N2O4. The van der Waals surface area contributed by atoms with Crippen molar-refractivity contribution in [2.24, 2.45) is 5.92 Å². The number of anilines is 1. The van der Waals surface area contributed by atoms with Gasteiger partial charge in [-0.15, -0.1) is 0 Å². The van der Waals surface area contributed by atoms with E-state index < -0.39 is 10.9 Å². The number of carbonyl (C=O) groups is 1. The summed E-state index contributed by atoms with van der Waals surface area (Å²) in [5.74, 6) is -0.761. The molecule has 1 aromatic rings. The predicted molar refractivity (Wildman–Crippen MR) is 82.0 cm³/mol. The number of hydrogen-bond acceptors (Lipinski definition) is 4. The maximum Gasteiger partial charge on any atom is 0.338 e. The molecule has 6 nitrogen and oxygen atoms in total. The van der Waals surface area contributed by atoms with Crippen molar-refractivity contribution in [3.05, 3.63) is 33.9 Å². The zero-order valence-electron chi connectivity index (χ0n) is 12.7. The number of nitro groups is 1.